The summed E-state index contributed by atoms with van der Waals surface area (Å²) in [6.07, 6.45) is 3.38. The third-order valence-corrected chi connectivity index (χ3v) is 3.62. The number of carbonyl (C=O) groups is 2. The zero-order chi connectivity index (χ0) is 15.2. The van der Waals surface area contributed by atoms with E-state index in [1.54, 1.807) is 36.2 Å². The fourth-order valence-electron chi connectivity index (χ4n) is 2.37. The lowest BCUT2D eigenvalue weighted by atomic mass is 10.1. The highest BCUT2D eigenvalue weighted by molar-refractivity contribution is 5.96. The largest absolute Gasteiger partial charge is 0.376 e. The van der Waals surface area contributed by atoms with Crippen molar-refractivity contribution in [2.45, 2.75) is 32.3 Å². The van der Waals surface area contributed by atoms with Crippen molar-refractivity contribution in [1.82, 2.24) is 4.90 Å². The van der Waals surface area contributed by atoms with Gasteiger partial charge in [0.15, 0.2) is 5.78 Å². The van der Waals surface area contributed by atoms with Gasteiger partial charge in [-0.05, 0) is 38.3 Å². The minimum atomic E-state index is -0.190. The summed E-state index contributed by atoms with van der Waals surface area (Å²) in [5, 5.41) is 2.81. The smallest absolute Gasteiger partial charge is 0.321 e. The number of amides is 2. The van der Waals surface area contributed by atoms with Crippen LogP contribution in [0.4, 0.5) is 10.5 Å². The Balaban J connectivity index is 1.90. The van der Waals surface area contributed by atoms with Crippen LogP contribution in [0.5, 0.6) is 0 Å². The fraction of sp³-hybridized carbons (Fsp3) is 0.500. The fourth-order valence-corrected chi connectivity index (χ4v) is 2.37. The van der Waals surface area contributed by atoms with Crippen molar-refractivity contribution >= 4 is 17.5 Å². The van der Waals surface area contributed by atoms with Crippen LogP contribution in [-0.4, -0.2) is 43.0 Å². The minimum absolute atomic E-state index is 0.0185. The van der Waals surface area contributed by atoms with Gasteiger partial charge in [0.2, 0.25) is 0 Å². The number of Topliss-reactive ketones (excluding diaryl/α,β-unsaturated/α-hetero) is 1. The topological polar surface area (TPSA) is 58.6 Å². The number of nitrogens with one attached hydrogen (secondary N) is 1. The molecule has 1 saturated heterocycles. The molecule has 2 rings (SSSR count). The van der Waals surface area contributed by atoms with Crippen LogP contribution in [-0.2, 0) is 4.74 Å². The second-order valence-electron chi connectivity index (χ2n) is 5.44. The van der Waals surface area contributed by atoms with Crippen LogP contribution >= 0.6 is 0 Å². The Morgan fingerprint density at radius 3 is 2.86 bits per heavy atom. The molecule has 1 aliphatic heterocycles. The molecule has 0 saturated carbocycles. The van der Waals surface area contributed by atoms with E-state index in [2.05, 4.69) is 5.32 Å². The summed E-state index contributed by atoms with van der Waals surface area (Å²) >= 11 is 0. The molecule has 21 heavy (non-hydrogen) atoms. The normalized spacial score (nSPS) is 18.1. The van der Waals surface area contributed by atoms with Crippen molar-refractivity contribution in [3.05, 3.63) is 29.8 Å². The highest BCUT2D eigenvalue weighted by atomic mass is 16.5. The Morgan fingerprint density at radius 2 is 2.19 bits per heavy atom. The molecular formula is C16H22N2O3. The van der Waals surface area contributed by atoms with Gasteiger partial charge >= 0.3 is 6.03 Å². The molecule has 1 unspecified atom stereocenters. The molecule has 0 bridgehead atoms. The predicted molar refractivity (Wildman–Crippen MR) is 81.7 cm³/mol. The van der Waals surface area contributed by atoms with E-state index in [1.165, 1.54) is 6.92 Å². The zero-order valence-electron chi connectivity index (χ0n) is 12.6. The Hall–Kier alpha value is -1.88. The zero-order valence-corrected chi connectivity index (χ0v) is 12.6. The monoisotopic (exact) mass is 290 g/mol. The average molecular weight is 290 g/mol. The molecule has 1 atom stereocenters. The summed E-state index contributed by atoms with van der Waals surface area (Å²) < 4.78 is 5.63. The summed E-state index contributed by atoms with van der Waals surface area (Å²) in [7, 11) is 1.75. The van der Waals surface area contributed by atoms with Crippen molar-refractivity contribution in [3.63, 3.8) is 0 Å². The molecule has 0 aromatic heterocycles. The Bertz CT molecular complexity index is 510. The van der Waals surface area contributed by atoms with Gasteiger partial charge in [0.1, 0.15) is 0 Å². The number of likely N-dealkylation sites (N-methyl/N-ethyl adjacent to an activating group) is 1. The average Bonchev–Trinajstić information content (AvgIpc) is 2.48. The third-order valence-electron chi connectivity index (χ3n) is 3.62. The number of hydrogen-bond donors (Lipinski definition) is 1. The molecule has 5 nitrogen and oxygen atoms in total. The van der Waals surface area contributed by atoms with Gasteiger partial charge < -0.3 is 15.0 Å². The van der Waals surface area contributed by atoms with E-state index >= 15 is 0 Å². The minimum Gasteiger partial charge on any atom is -0.376 e. The molecular weight excluding hydrogens is 268 g/mol. The molecule has 0 radical (unpaired) electrons. The number of carbonyl (C=O) groups excluding carboxylic acids is 2. The lowest BCUT2D eigenvalue weighted by molar-refractivity contribution is 0.00463. The van der Waals surface area contributed by atoms with Gasteiger partial charge in [0, 0.05) is 31.5 Å². The standard InChI is InChI=1S/C16H22N2O3/c1-12(19)13-6-5-7-14(10-13)17-16(20)18(2)11-15-8-3-4-9-21-15/h5-7,10,15H,3-4,8-9,11H2,1-2H3,(H,17,20). The quantitative estimate of drug-likeness (QED) is 0.867. The summed E-state index contributed by atoms with van der Waals surface area (Å²) in [6, 6.07) is 6.76. The van der Waals surface area contributed by atoms with Crippen molar-refractivity contribution < 1.29 is 14.3 Å². The molecule has 1 heterocycles. The first-order chi connectivity index (χ1) is 10.1. The first kappa shape index (κ1) is 15.5. The molecule has 1 aromatic rings. The van der Waals surface area contributed by atoms with Gasteiger partial charge in [-0.3, -0.25) is 4.79 Å². The van der Waals surface area contributed by atoms with Crippen LogP contribution in [0.15, 0.2) is 24.3 Å². The van der Waals surface area contributed by atoms with Crippen LogP contribution < -0.4 is 5.32 Å². The first-order valence-corrected chi connectivity index (χ1v) is 7.31. The number of urea groups is 1. The number of ether oxygens (including phenoxy) is 1. The van der Waals surface area contributed by atoms with Gasteiger partial charge in [0.25, 0.3) is 0 Å². The number of hydrogen-bond acceptors (Lipinski definition) is 3. The second-order valence-corrected chi connectivity index (χ2v) is 5.44. The number of nitrogens with zero attached hydrogens (tertiary/aromatic N) is 1. The van der Waals surface area contributed by atoms with Crippen LogP contribution in [0.25, 0.3) is 0 Å². The van der Waals surface area contributed by atoms with Gasteiger partial charge in [-0.25, -0.2) is 4.79 Å². The van der Waals surface area contributed by atoms with E-state index in [1.807, 2.05) is 0 Å². The summed E-state index contributed by atoms with van der Waals surface area (Å²) in [5.74, 6) is -0.0185. The molecule has 1 aliphatic rings. The summed E-state index contributed by atoms with van der Waals surface area (Å²) in [5.41, 5.74) is 1.22. The van der Waals surface area contributed by atoms with Crippen molar-refractivity contribution in [2.75, 3.05) is 25.5 Å². The van der Waals surface area contributed by atoms with E-state index in [-0.39, 0.29) is 17.9 Å². The number of anilines is 1. The van der Waals surface area contributed by atoms with E-state index in [9.17, 15) is 9.59 Å². The Morgan fingerprint density at radius 1 is 1.38 bits per heavy atom. The van der Waals surface area contributed by atoms with Gasteiger partial charge in [-0.1, -0.05) is 12.1 Å². The highest BCUT2D eigenvalue weighted by Crippen LogP contribution is 2.15. The number of ketones is 1. The molecule has 1 aromatic carbocycles. The molecule has 1 fully saturated rings. The molecule has 0 spiro atoms. The van der Waals surface area contributed by atoms with Crippen LogP contribution in [0.2, 0.25) is 0 Å². The van der Waals surface area contributed by atoms with Gasteiger partial charge in [0.05, 0.1) is 6.10 Å². The van der Waals surface area contributed by atoms with E-state index in [0.717, 1.165) is 25.9 Å². The van der Waals surface area contributed by atoms with Crippen LogP contribution in [0.1, 0.15) is 36.5 Å². The van der Waals surface area contributed by atoms with E-state index in [4.69, 9.17) is 4.74 Å². The lowest BCUT2D eigenvalue weighted by Gasteiger charge is -2.27. The third kappa shape index (κ3) is 4.56. The van der Waals surface area contributed by atoms with Gasteiger partial charge in [-0.15, -0.1) is 0 Å². The van der Waals surface area contributed by atoms with Crippen molar-refractivity contribution in [3.8, 4) is 0 Å². The summed E-state index contributed by atoms with van der Waals surface area (Å²) in [6.45, 7) is 2.87. The highest BCUT2D eigenvalue weighted by Gasteiger charge is 2.18. The summed E-state index contributed by atoms with van der Waals surface area (Å²) in [4.78, 5) is 25.1. The van der Waals surface area contributed by atoms with E-state index < -0.39 is 0 Å². The van der Waals surface area contributed by atoms with Gasteiger partial charge in [-0.2, -0.15) is 0 Å². The SMILES string of the molecule is CC(=O)c1cccc(NC(=O)N(C)CC2CCCCO2)c1. The van der Waals surface area contributed by atoms with Crippen molar-refractivity contribution in [2.24, 2.45) is 0 Å². The number of rotatable bonds is 4. The molecule has 5 heteroatoms. The first-order valence-electron chi connectivity index (χ1n) is 7.31. The van der Waals surface area contributed by atoms with Crippen LogP contribution in [0, 0.1) is 0 Å². The second kappa shape index (κ2) is 7.22. The molecule has 1 N–H and O–H groups in total. The Labute approximate surface area is 125 Å². The molecule has 114 valence electrons. The van der Waals surface area contributed by atoms with Crippen LogP contribution in [0.3, 0.4) is 0 Å². The maximum absolute atomic E-state index is 12.1. The number of benzene rings is 1. The maximum atomic E-state index is 12.1. The van der Waals surface area contributed by atoms with Crippen molar-refractivity contribution in [1.29, 1.82) is 0 Å². The predicted octanol–water partition coefficient (Wildman–Crippen LogP) is 2.92. The molecule has 0 aliphatic carbocycles. The molecule has 2 amide bonds. The lowest BCUT2D eigenvalue weighted by Crippen LogP contribution is -2.39. The van der Waals surface area contributed by atoms with E-state index in [0.29, 0.717) is 17.8 Å². The Kier molecular flexibility index (Phi) is 5.33. The maximum Gasteiger partial charge on any atom is 0.321 e.